The zero-order valence-corrected chi connectivity index (χ0v) is 10.4. The zero-order chi connectivity index (χ0) is 13.0. The number of nitrogens with zero attached hydrogens (tertiary/aromatic N) is 1. The number of benzene rings is 1. The first-order valence-corrected chi connectivity index (χ1v) is 5.65. The number of aryl methyl sites for hydroxylation is 1. The second kappa shape index (κ2) is 5.77. The van der Waals surface area contributed by atoms with E-state index < -0.39 is 5.82 Å². The van der Waals surface area contributed by atoms with Gasteiger partial charge in [0.2, 0.25) is 0 Å². The number of aliphatic hydroxyl groups is 1. The van der Waals surface area contributed by atoms with Gasteiger partial charge in [-0.1, -0.05) is 11.6 Å². The topological polar surface area (TPSA) is 40.5 Å². The van der Waals surface area contributed by atoms with Crippen LogP contribution in [0.1, 0.15) is 29.8 Å². The molecule has 1 aromatic carbocycles. The van der Waals surface area contributed by atoms with Crippen molar-refractivity contribution in [3.8, 4) is 0 Å². The molecule has 0 atom stereocenters. The van der Waals surface area contributed by atoms with Crippen LogP contribution in [0.25, 0.3) is 0 Å². The second-order valence-electron chi connectivity index (χ2n) is 4.30. The third-order valence-corrected chi connectivity index (χ3v) is 2.58. The first-order valence-electron chi connectivity index (χ1n) is 5.65. The normalized spacial score (nSPS) is 10.7. The van der Waals surface area contributed by atoms with Crippen LogP contribution < -0.4 is 0 Å². The zero-order valence-electron chi connectivity index (χ0n) is 10.4. The van der Waals surface area contributed by atoms with Crippen LogP contribution >= 0.6 is 0 Å². The summed E-state index contributed by atoms with van der Waals surface area (Å²) in [6.07, 6.45) is 0. The molecule has 0 aliphatic carbocycles. The van der Waals surface area contributed by atoms with E-state index in [2.05, 4.69) is 0 Å². The summed E-state index contributed by atoms with van der Waals surface area (Å²) in [6.45, 7) is 5.56. The summed E-state index contributed by atoms with van der Waals surface area (Å²) in [7, 11) is 0. The van der Waals surface area contributed by atoms with Crippen molar-refractivity contribution in [3.05, 3.63) is 35.1 Å². The molecule has 1 amide bonds. The van der Waals surface area contributed by atoms with Crippen molar-refractivity contribution in [2.75, 3.05) is 13.2 Å². The molecule has 3 nitrogen and oxygen atoms in total. The summed E-state index contributed by atoms with van der Waals surface area (Å²) in [6, 6.07) is 4.37. The lowest BCUT2D eigenvalue weighted by atomic mass is 10.1. The molecule has 0 fully saturated rings. The van der Waals surface area contributed by atoms with Gasteiger partial charge < -0.3 is 10.0 Å². The molecule has 0 heterocycles. The Balaban J connectivity index is 3.04. The molecule has 0 saturated heterocycles. The number of amides is 1. The highest BCUT2D eigenvalue weighted by Gasteiger charge is 2.21. The van der Waals surface area contributed by atoms with Crippen LogP contribution in [-0.4, -0.2) is 35.1 Å². The third kappa shape index (κ3) is 3.27. The summed E-state index contributed by atoms with van der Waals surface area (Å²) in [5, 5.41) is 8.92. The minimum atomic E-state index is -0.524. The number of carbonyl (C=O) groups excluding carboxylic acids is 1. The van der Waals surface area contributed by atoms with E-state index >= 15 is 0 Å². The largest absolute Gasteiger partial charge is 0.395 e. The molecule has 1 rings (SSSR count). The van der Waals surface area contributed by atoms with E-state index in [9.17, 15) is 9.18 Å². The maximum atomic E-state index is 13.6. The van der Waals surface area contributed by atoms with E-state index in [-0.39, 0.29) is 30.7 Å². The van der Waals surface area contributed by atoms with E-state index in [0.717, 1.165) is 5.56 Å². The Morgan fingerprint density at radius 2 is 2.12 bits per heavy atom. The molecule has 0 unspecified atom stereocenters. The Morgan fingerprint density at radius 1 is 1.47 bits per heavy atom. The number of hydrogen-bond acceptors (Lipinski definition) is 2. The minimum Gasteiger partial charge on any atom is -0.395 e. The molecular formula is C13H18FNO2. The van der Waals surface area contributed by atoms with Gasteiger partial charge in [0, 0.05) is 12.6 Å². The highest BCUT2D eigenvalue weighted by Crippen LogP contribution is 2.14. The lowest BCUT2D eigenvalue weighted by molar-refractivity contribution is 0.0660. The van der Waals surface area contributed by atoms with Gasteiger partial charge in [-0.3, -0.25) is 4.79 Å². The van der Waals surface area contributed by atoms with Crippen molar-refractivity contribution in [2.24, 2.45) is 0 Å². The molecule has 1 aromatic rings. The molecule has 17 heavy (non-hydrogen) atoms. The fourth-order valence-corrected chi connectivity index (χ4v) is 1.66. The Bertz CT molecular complexity index is 404. The van der Waals surface area contributed by atoms with Crippen LogP contribution in [0.3, 0.4) is 0 Å². The van der Waals surface area contributed by atoms with Gasteiger partial charge in [0.1, 0.15) is 5.82 Å². The lowest BCUT2D eigenvalue weighted by Crippen LogP contribution is -2.39. The summed E-state index contributed by atoms with van der Waals surface area (Å²) >= 11 is 0. The average molecular weight is 239 g/mol. The van der Waals surface area contributed by atoms with E-state index in [1.807, 2.05) is 20.8 Å². The molecule has 0 radical (unpaired) electrons. The van der Waals surface area contributed by atoms with Crippen molar-refractivity contribution in [2.45, 2.75) is 26.8 Å². The number of halogens is 1. The average Bonchev–Trinajstić information content (AvgIpc) is 2.28. The van der Waals surface area contributed by atoms with Crippen molar-refractivity contribution in [1.29, 1.82) is 0 Å². The van der Waals surface area contributed by atoms with Gasteiger partial charge in [0.05, 0.1) is 12.2 Å². The standard InChI is InChI=1S/C13H18FNO2/c1-9(2)15(6-7-16)13(17)11-8-10(3)4-5-12(11)14/h4-5,8-9,16H,6-7H2,1-3H3. The summed E-state index contributed by atoms with van der Waals surface area (Å²) in [5.41, 5.74) is 0.898. The van der Waals surface area contributed by atoms with Crippen LogP contribution in [0.15, 0.2) is 18.2 Å². The van der Waals surface area contributed by atoms with Gasteiger partial charge in [-0.25, -0.2) is 4.39 Å². The Hall–Kier alpha value is -1.42. The van der Waals surface area contributed by atoms with Crippen LogP contribution in [0.2, 0.25) is 0 Å². The quantitative estimate of drug-likeness (QED) is 0.872. The van der Waals surface area contributed by atoms with Gasteiger partial charge in [0.25, 0.3) is 5.91 Å². The lowest BCUT2D eigenvalue weighted by Gasteiger charge is -2.26. The van der Waals surface area contributed by atoms with E-state index in [1.165, 1.54) is 17.0 Å². The second-order valence-corrected chi connectivity index (χ2v) is 4.30. The van der Waals surface area contributed by atoms with E-state index in [0.29, 0.717) is 0 Å². The number of rotatable bonds is 4. The van der Waals surface area contributed by atoms with Crippen LogP contribution in [-0.2, 0) is 0 Å². The van der Waals surface area contributed by atoms with Crippen molar-refractivity contribution in [1.82, 2.24) is 4.90 Å². The summed E-state index contributed by atoms with van der Waals surface area (Å²) in [5.74, 6) is -0.903. The molecule has 0 aliphatic heterocycles. The Kier molecular flexibility index (Phi) is 4.63. The highest BCUT2D eigenvalue weighted by atomic mass is 19.1. The molecule has 0 aliphatic rings. The summed E-state index contributed by atoms with van der Waals surface area (Å²) < 4.78 is 13.6. The van der Waals surface area contributed by atoms with Gasteiger partial charge in [-0.15, -0.1) is 0 Å². The molecule has 4 heteroatoms. The first-order chi connectivity index (χ1) is 7.97. The SMILES string of the molecule is Cc1ccc(F)c(C(=O)N(CCO)C(C)C)c1. The summed E-state index contributed by atoms with van der Waals surface area (Å²) in [4.78, 5) is 13.6. The first kappa shape index (κ1) is 13.6. The molecular weight excluding hydrogens is 221 g/mol. The molecule has 0 bridgehead atoms. The maximum Gasteiger partial charge on any atom is 0.257 e. The fraction of sp³-hybridized carbons (Fsp3) is 0.462. The minimum absolute atomic E-state index is 0.0622. The van der Waals surface area contributed by atoms with Crippen LogP contribution in [0.4, 0.5) is 4.39 Å². The highest BCUT2D eigenvalue weighted by molar-refractivity contribution is 5.94. The molecule has 0 spiro atoms. The van der Waals surface area contributed by atoms with Gasteiger partial charge in [0.15, 0.2) is 0 Å². The maximum absolute atomic E-state index is 13.6. The number of aliphatic hydroxyl groups excluding tert-OH is 1. The molecule has 0 aromatic heterocycles. The predicted molar refractivity (Wildman–Crippen MR) is 64.4 cm³/mol. The van der Waals surface area contributed by atoms with Gasteiger partial charge in [-0.05, 0) is 32.9 Å². The fourth-order valence-electron chi connectivity index (χ4n) is 1.66. The Labute approximate surface area is 101 Å². The number of carbonyl (C=O) groups is 1. The van der Waals surface area contributed by atoms with Crippen molar-refractivity contribution >= 4 is 5.91 Å². The van der Waals surface area contributed by atoms with E-state index in [1.54, 1.807) is 6.07 Å². The van der Waals surface area contributed by atoms with Gasteiger partial charge in [-0.2, -0.15) is 0 Å². The van der Waals surface area contributed by atoms with Crippen molar-refractivity contribution in [3.63, 3.8) is 0 Å². The van der Waals surface area contributed by atoms with Crippen molar-refractivity contribution < 1.29 is 14.3 Å². The smallest absolute Gasteiger partial charge is 0.257 e. The van der Waals surface area contributed by atoms with Crippen LogP contribution in [0, 0.1) is 12.7 Å². The monoisotopic (exact) mass is 239 g/mol. The third-order valence-electron chi connectivity index (χ3n) is 2.58. The molecule has 94 valence electrons. The van der Waals surface area contributed by atoms with E-state index in [4.69, 9.17) is 5.11 Å². The molecule has 0 saturated carbocycles. The Morgan fingerprint density at radius 3 is 2.65 bits per heavy atom. The predicted octanol–water partition coefficient (Wildman–Crippen LogP) is 1.98. The number of hydrogen-bond donors (Lipinski definition) is 1. The molecule has 1 N–H and O–H groups in total. The van der Waals surface area contributed by atoms with Gasteiger partial charge >= 0.3 is 0 Å². The van der Waals surface area contributed by atoms with Crippen LogP contribution in [0.5, 0.6) is 0 Å².